The van der Waals surface area contributed by atoms with Gasteiger partial charge < -0.3 is 10.6 Å². The van der Waals surface area contributed by atoms with E-state index in [2.05, 4.69) is 20.8 Å². The number of amides is 1. The molecule has 17 heavy (non-hydrogen) atoms. The fraction of sp³-hybridized carbons (Fsp3) is 0.500. The molecular weight excluding hydrogens is 212 g/mol. The fourth-order valence-electron chi connectivity index (χ4n) is 1.79. The zero-order chi connectivity index (χ0) is 13.1. The lowest BCUT2D eigenvalue weighted by molar-refractivity contribution is 0.0745. The Morgan fingerprint density at radius 3 is 2.18 bits per heavy atom. The van der Waals surface area contributed by atoms with Gasteiger partial charge in [-0.3, -0.25) is 4.79 Å². The number of hydrogen-bond donors (Lipinski definition) is 1. The van der Waals surface area contributed by atoms with Crippen LogP contribution in [0.15, 0.2) is 24.3 Å². The summed E-state index contributed by atoms with van der Waals surface area (Å²) in [6.45, 7) is 7.60. The van der Waals surface area contributed by atoms with Gasteiger partial charge in [0.1, 0.15) is 0 Å². The van der Waals surface area contributed by atoms with E-state index < -0.39 is 0 Å². The van der Waals surface area contributed by atoms with Gasteiger partial charge in [-0.1, -0.05) is 32.9 Å². The standard InChI is InChI=1S/C14H22N2O/c1-14(2,3)10-16(4)13(17)12-7-5-11(9-15)6-8-12/h5-8H,9-10,15H2,1-4H3. The molecule has 0 radical (unpaired) electrons. The minimum atomic E-state index is 0.0588. The minimum absolute atomic E-state index is 0.0588. The molecular formula is C14H22N2O. The lowest BCUT2D eigenvalue weighted by atomic mass is 9.96. The van der Waals surface area contributed by atoms with Crippen LogP contribution in [0.4, 0.5) is 0 Å². The molecule has 0 bridgehead atoms. The first-order chi connectivity index (χ1) is 7.83. The quantitative estimate of drug-likeness (QED) is 0.872. The third-order valence-electron chi connectivity index (χ3n) is 2.49. The van der Waals surface area contributed by atoms with Gasteiger partial charge in [0, 0.05) is 25.7 Å². The van der Waals surface area contributed by atoms with E-state index in [1.807, 2.05) is 31.3 Å². The SMILES string of the molecule is CN(CC(C)(C)C)C(=O)c1ccc(CN)cc1. The second-order valence-electron chi connectivity index (χ2n) is 5.62. The number of nitrogens with two attached hydrogens (primary N) is 1. The molecule has 0 atom stereocenters. The molecule has 0 aliphatic heterocycles. The van der Waals surface area contributed by atoms with Crippen molar-refractivity contribution >= 4 is 5.91 Å². The summed E-state index contributed by atoms with van der Waals surface area (Å²) in [5.41, 5.74) is 7.39. The third kappa shape index (κ3) is 4.19. The zero-order valence-electron chi connectivity index (χ0n) is 11.2. The molecule has 0 aliphatic rings. The first-order valence-corrected chi connectivity index (χ1v) is 5.88. The molecule has 0 heterocycles. The molecule has 94 valence electrons. The highest BCUT2D eigenvalue weighted by Crippen LogP contribution is 2.16. The third-order valence-corrected chi connectivity index (χ3v) is 2.49. The molecule has 3 heteroatoms. The van der Waals surface area contributed by atoms with Crippen LogP contribution in [0.2, 0.25) is 0 Å². The van der Waals surface area contributed by atoms with Gasteiger partial charge in [-0.2, -0.15) is 0 Å². The Bertz CT molecular complexity index is 376. The number of nitrogens with zero attached hydrogens (tertiary/aromatic N) is 1. The van der Waals surface area contributed by atoms with Crippen LogP contribution in [0.1, 0.15) is 36.7 Å². The van der Waals surface area contributed by atoms with Gasteiger partial charge in [-0.05, 0) is 23.1 Å². The molecule has 0 spiro atoms. The van der Waals surface area contributed by atoms with Crippen molar-refractivity contribution in [2.24, 2.45) is 11.1 Å². The van der Waals surface area contributed by atoms with Crippen molar-refractivity contribution < 1.29 is 4.79 Å². The van der Waals surface area contributed by atoms with Crippen LogP contribution in [0.25, 0.3) is 0 Å². The Morgan fingerprint density at radius 2 is 1.76 bits per heavy atom. The maximum Gasteiger partial charge on any atom is 0.253 e. The van der Waals surface area contributed by atoms with Crippen molar-refractivity contribution in [3.63, 3.8) is 0 Å². The summed E-state index contributed by atoms with van der Waals surface area (Å²) in [5.74, 6) is 0.0588. The van der Waals surface area contributed by atoms with E-state index >= 15 is 0 Å². The first-order valence-electron chi connectivity index (χ1n) is 5.88. The Balaban J connectivity index is 2.75. The van der Waals surface area contributed by atoms with Crippen molar-refractivity contribution in [3.8, 4) is 0 Å². The van der Waals surface area contributed by atoms with Crippen LogP contribution >= 0.6 is 0 Å². The number of benzene rings is 1. The van der Waals surface area contributed by atoms with Gasteiger partial charge >= 0.3 is 0 Å². The van der Waals surface area contributed by atoms with Gasteiger partial charge in [-0.25, -0.2) is 0 Å². The largest absolute Gasteiger partial charge is 0.341 e. The van der Waals surface area contributed by atoms with E-state index in [1.54, 1.807) is 4.90 Å². The number of carbonyl (C=O) groups excluding carboxylic acids is 1. The molecule has 0 unspecified atom stereocenters. The number of hydrogen-bond acceptors (Lipinski definition) is 2. The highest BCUT2D eigenvalue weighted by molar-refractivity contribution is 5.94. The summed E-state index contributed by atoms with van der Waals surface area (Å²) < 4.78 is 0. The maximum atomic E-state index is 12.1. The summed E-state index contributed by atoms with van der Waals surface area (Å²) in [5, 5.41) is 0. The van der Waals surface area contributed by atoms with Gasteiger partial charge in [0.05, 0.1) is 0 Å². The number of rotatable bonds is 3. The molecule has 0 saturated carbocycles. The molecule has 1 amide bonds. The Labute approximate surface area is 104 Å². The van der Waals surface area contributed by atoms with E-state index in [0.29, 0.717) is 12.1 Å². The second-order valence-corrected chi connectivity index (χ2v) is 5.62. The molecule has 0 aliphatic carbocycles. The average Bonchev–Trinajstić information content (AvgIpc) is 2.26. The van der Waals surface area contributed by atoms with Crippen LogP contribution in [0.3, 0.4) is 0 Å². The van der Waals surface area contributed by atoms with Crippen LogP contribution in [0.5, 0.6) is 0 Å². The van der Waals surface area contributed by atoms with Crippen molar-refractivity contribution in [2.75, 3.05) is 13.6 Å². The Hall–Kier alpha value is -1.35. The predicted molar refractivity (Wildman–Crippen MR) is 70.7 cm³/mol. The Morgan fingerprint density at radius 1 is 1.24 bits per heavy atom. The molecule has 1 rings (SSSR count). The summed E-state index contributed by atoms with van der Waals surface area (Å²) in [6.07, 6.45) is 0. The molecule has 3 nitrogen and oxygen atoms in total. The summed E-state index contributed by atoms with van der Waals surface area (Å²) in [6, 6.07) is 7.48. The van der Waals surface area contributed by atoms with Crippen molar-refractivity contribution in [1.29, 1.82) is 0 Å². The molecule has 1 aromatic carbocycles. The topological polar surface area (TPSA) is 46.3 Å². The van der Waals surface area contributed by atoms with Gasteiger partial charge in [-0.15, -0.1) is 0 Å². The van der Waals surface area contributed by atoms with Crippen LogP contribution in [-0.2, 0) is 6.54 Å². The van der Waals surface area contributed by atoms with Crippen LogP contribution in [0, 0.1) is 5.41 Å². The monoisotopic (exact) mass is 234 g/mol. The summed E-state index contributed by atoms with van der Waals surface area (Å²) in [4.78, 5) is 13.9. The lowest BCUT2D eigenvalue weighted by Gasteiger charge is -2.26. The van der Waals surface area contributed by atoms with Gasteiger partial charge in [0.2, 0.25) is 0 Å². The highest BCUT2D eigenvalue weighted by atomic mass is 16.2. The molecule has 0 fully saturated rings. The maximum absolute atomic E-state index is 12.1. The van der Waals surface area contributed by atoms with E-state index in [1.165, 1.54) is 0 Å². The normalized spacial score (nSPS) is 11.4. The van der Waals surface area contributed by atoms with Crippen LogP contribution < -0.4 is 5.73 Å². The zero-order valence-corrected chi connectivity index (χ0v) is 11.2. The van der Waals surface area contributed by atoms with E-state index in [-0.39, 0.29) is 11.3 Å². The smallest absolute Gasteiger partial charge is 0.253 e. The molecule has 2 N–H and O–H groups in total. The van der Waals surface area contributed by atoms with E-state index in [4.69, 9.17) is 5.73 Å². The van der Waals surface area contributed by atoms with Crippen molar-refractivity contribution in [1.82, 2.24) is 4.90 Å². The number of carbonyl (C=O) groups is 1. The summed E-state index contributed by atoms with van der Waals surface area (Å²) in [7, 11) is 1.84. The minimum Gasteiger partial charge on any atom is -0.341 e. The van der Waals surface area contributed by atoms with Crippen molar-refractivity contribution in [2.45, 2.75) is 27.3 Å². The summed E-state index contributed by atoms with van der Waals surface area (Å²) >= 11 is 0. The van der Waals surface area contributed by atoms with Crippen LogP contribution in [-0.4, -0.2) is 24.4 Å². The average molecular weight is 234 g/mol. The Kier molecular flexibility index (Phi) is 4.29. The second kappa shape index (κ2) is 5.32. The fourth-order valence-corrected chi connectivity index (χ4v) is 1.79. The lowest BCUT2D eigenvalue weighted by Crippen LogP contribution is -2.34. The first kappa shape index (κ1) is 13.7. The van der Waals surface area contributed by atoms with Crippen molar-refractivity contribution in [3.05, 3.63) is 35.4 Å². The van der Waals surface area contributed by atoms with Gasteiger partial charge in [0.25, 0.3) is 5.91 Å². The molecule has 0 aromatic heterocycles. The highest BCUT2D eigenvalue weighted by Gasteiger charge is 2.18. The molecule has 1 aromatic rings. The predicted octanol–water partition coefficient (Wildman–Crippen LogP) is 2.26. The van der Waals surface area contributed by atoms with E-state index in [0.717, 1.165) is 12.1 Å². The van der Waals surface area contributed by atoms with Gasteiger partial charge in [0.15, 0.2) is 0 Å². The molecule has 0 saturated heterocycles. The van der Waals surface area contributed by atoms with E-state index in [9.17, 15) is 4.79 Å².